The Morgan fingerprint density at radius 2 is 1.92 bits per heavy atom. The van der Waals surface area contributed by atoms with E-state index in [0.717, 1.165) is 6.08 Å². The van der Waals surface area contributed by atoms with Crippen LogP contribution in [0.2, 0.25) is 0 Å². The van der Waals surface area contributed by atoms with E-state index in [-0.39, 0.29) is 0 Å². The molecule has 0 aliphatic rings. The molecule has 0 spiro atoms. The van der Waals surface area contributed by atoms with E-state index >= 15 is 0 Å². The molecule has 0 bridgehead atoms. The number of hydrogen-bond donors (Lipinski definition) is 3. The van der Waals surface area contributed by atoms with Crippen LogP contribution in [0.25, 0.3) is 0 Å². The van der Waals surface area contributed by atoms with Crippen LogP contribution in [0.5, 0.6) is 0 Å². The average Bonchev–Trinajstić information content (AvgIpc) is 2.01. The number of imide groups is 1. The Hall–Kier alpha value is -1.85. The molecule has 0 heterocycles. The summed E-state index contributed by atoms with van der Waals surface area (Å²) < 4.78 is 0. The molecule has 0 aliphatic carbocycles. The smallest absolute Gasteiger partial charge is 0.328 e. The zero-order valence-electron chi connectivity index (χ0n) is 7.03. The second kappa shape index (κ2) is 5.76. The Bertz CT molecular complexity index is 247. The zero-order chi connectivity index (χ0) is 10.3. The third kappa shape index (κ3) is 6.54. The highest BCUT2D eigenvalue weighted by Gasteiger charge is 2.02. The first-order chi connectivity index (χ1) is 6.06. The molecule has 0 saturated heterocycles. The number of aliphatic carboxylic acids is 1. The second-order valence-electron chi connectivity index (χ2n) is 2.02. The monoisotopic (exact) mass is 186 g/mol. The van der Waals surface area contributed by atoms with E-state index < -0.39 is 17.9 Å². The standard InChI is InChI=1S/C7H10N2O4/c1-2-8-7(13)9-5(10)3-4-6(11)12/h3-4H,2H2,1H3,(H,11,12)(H2,8,9,10,13)/b4-3+. The van der Waals surface area contributed by atoms with Crippen LogP contribution >= 0.6 is 0 Å². The van der Waals surface area contributed by atoms with Crippen molar-refractivity contribution in [2.75, 3.05) is 6.54 Å². The van der Waals surface area contributed by atoms with Crippen LogP contribution in [0.4, 0.5) is 4.79 Å². The molecule has 0 radical (unpaired) electrons. The van der Waals surface area contributed by atoms with Gasteiger partial charge in [0.1, 0.15) is 0 Å². The van der Waals surface area contributed by atoms with Gasteiger partial charge in [-0.3, -0.25) is 10.1 Å². The summed E-state index contributed by atoms with van der Waals surface area (Å²) in [7, 11) is 0. The van der Waals surface area contributed by atoms with Crippen molar-refractivity contribution in [3.05, 3.63) is 12.2 Å². The molecule has 6 heteroatoms. The van der Waals surface area contributed by atoms with Crippen LogP contribution in [0, 0.1) is 0 Å². The van der Waals surface area contributed by atoms with Gasteiger partial charge in [-0.25, -0.2) is 9.59 Å². The molecule has 0 fully saturated rings. The Morgan fingerprint density at radius 1 is 1.31 bits per heavy atom. The van der Waals surface area contributed by atoms with Crippen LogP contribution in [0.15, 0.2) is 12.2 Å². The molecule has 0 saturated carbocycles. The van der Waals surface area contributed by atoms with Crippen LogP contribution in [-0.4, -0.2) is 29.6 Å². The van der Waals surface area contributed by atoms with E-state index in [4.69, 9.17) is 5.11 Å². The maximum Gasteiger partial charge on any atom is 0.328 e. The summed E-state index contributed by atoms with van der Waals surface area (Å²) in [5.74, 6) is -2.01. The lowest BCUT2D eigenvalue weighted by atomic mass is 10.5. The SMILES string of the molecule is CCNC(=O)NC(=O)/C=C/C(=O)O. The largest absolute Gasteiger partial charge is 0.478 e. The van der Waals surface area contributed by atoms with Gasteiger partial charge < -0.3 is 10.4 Å². The highest BCUT2D eigenvalue weighted by Crippen LogP contribution is 1.74. The first kappa shape index (κ1) is 11.2. The summed E-state index contributed by atoms with van der Waals surface area (Å²) in [5.41, 5.74) is 0. The Kier molecular flexibility index (Phi) is 4.94. The molecule has 0 aromatic heterocycles. The first-order valence-electron chi connectivity index (χ1n) is 3.56. The lowest BCUT2D eigenvalue weighted by Crippen LogP contribution is -2.38. The third-order valence-electron chi connectivity index (χ3n) is 0.951. The quantitative estimate of drug-likeness (QED) is 0.516. The normalized spacial score (nSPS) is 9.62. The molecule has 0 unspecified atom stereocenters. The lowest BCUT2D eigenvalue weighted by molar-refractivity contribution is -0.131. The number of hydrogen-bond acceptors (Lipinski definition) is 3. The van der Waals surface area contributed by atoms with E-state index in [1.54, 1.807) is 6.92 Å². The molecule has 6 nitrogen and oxygen atoms in total. The van der Waals surface area contributed by atoms with Gasteiger partial charge in [-0.2, -0.15) is 0 Å². The van der Waals surface area contributed by atoms with E-state index in [1.807, 2.05) is 5.32 Å². The van der Waals surface area contributed by atoms with Crippen molar-refractivity contribution < 1.29 is 19.5 Å². The summed E-state index contributed by atoms with van der Waals surface area (Å²) in [6, 6.07) is -0.650. The van der Waals surface area contributed by atoms with Gasteiger partial charge in [0.05, 0.1) is 0 Å². The number of carboxylic acids is 1. The van der Waals surface area contributed by atoms with Crippen molar-refractivity contribution in [1.29, 1.82) is 0 Å². The molecule has 3 amide bonds. The second-order valence-corrected chi connectivity index (χ2v) is 2.02. The predicted octanol–water partition coefficient (Wildman–Crippen LogP) is -0.527. The third-order valence-corrected chi connectivity index (χ3v) is 0.951. The first-order valence-corrected chi connectivity index (χ1v) is 3.56. The number of carboxylic acid groups (broad SMARTS) is 1. The molecule has 3 N–H and O–H groups in total. The molecular weight excluding hydrogens is 176 g/mol. The van der Waals surface area contributed by atoms with Gasteiger partial charge in [0, 0.05) is 18.7 Å². The molecule has 13 heavy (non-hydrogen) atoms. The number of carbonyl (C=O) groups excluding carboxylic acids is 2. The average molecular weight is 186 g/mol. The van der Waals surface area contributed by atoms with Crippen LogP contribution in [0.1, 0.15) is 6.92 Å². The van der Waals surface area contributed by atoms with Gasteiger partial charge >= 0.3 is 12.0 Å². The van der Waals surface area contributed by atoms with Crippen LogP contribution in [-0.2, 0) is 9.59 Å². The van der Waals surface area contributed by atoms with Crippen molar-refractivity contribution in [2.24, 2.45) is 0 Å². The maximum absolute atomic E-state index is 10.7. The molecule has 0 aromatic rings. The molecule has 0 atom stereocenters. The van der Waals surface area contributed by atoms with Gasteiger partial charge in [0.15, 0.2) is 0 Å². The van der Waals surface area contributed by atoms with E-state index in [2.05, 4.69) is 5.32 Å². The topological polar surface area (TPSA) is 95.5 Å². The van der Waals surface area contributed by atoms with Crippen molar-refractivity contribution in [2.45, 2.75) is 6.92 Å². The molecule has 72 valence electrons. The number of carbonyl (C=O) groups is 3. The summed E-state index contributed by atoms with van der Waals surface area (Å²) in [4.78, 5) is 31.3. The van der Waals surface area contributed by atoms with E-state index in [9.17, 15) is 14.4 Å². The summed E-state index contributed by atoms with van der Waals surface area (Å²) in [6.07, 6.45) is 1.41. The Labute approximate surface area is 74.6 Å². The highest BCUT2D eigenvalue weighted by atomic mass is 16.4. The number of rotatable bonds is 3. The maximum atomic E-state index is 10.7. The van der Waals surface area contributed by atoms with Gasteiger partial charge in [0.2, 0.25) is 0 Å². The summed E-state index contributed by atoms with van der Waals surface area (Å²) in [5, 5.41) is 12.3. The fourth-order valence-electron chi connectivity index (χ4n) is 0.505. The van der Waals surface area contributed by atoms with Crippen molar-refractivity contribution in [3.63, 3.8) is 0 Å². The van der Waals surface area contributed by atoms with E-state index in [1.165, 1.54) is 0 Å². The van der Waals surface area contributed by atoms with Crippen LogP contribution in [0.3, 0.4) is 0 Å². The number of amides is 3. The predicted molar refractivity (Wildman–Crippen MR) is 44.0 cm³/mol. The Morgan fingerprint density at radius 3 is 2.38 bits per heavy atom. The summed E-state index contributed by atoms with van der Waals surface area (Å²) >= 11 is 0. The highest BCUT2D eigenvalue weighted by molar-refractivity contribution is 6.02. The van der Waals surface area contributed by atoms with Crippen LogP contribution < -0.4 is 10.6 Å². The fourth-order valence-corrected chi connectivity index (χ4v) is 0.505. The molecular formula is C7H10N2O4. The molecule has 0 rings (SSSR count). The minimum atomic E-state index is -1.24. The van der Waals surface area contributed by atoms with Crippen molar-refractivity contribution >= 4 is 17.9 Å². The minimum absolute atomic E-state index is 0.391. The lowest BCUT2D eigenvalue weighted by Gasteiger charge is -2.00. The summed E-state index contributed by atoms with van der Waals surface area (Å²) in [6.45, 7) is 2.08. The number of urea groups is 1. The van der Waals surface area contributed by atoms with Crippen molar-refractivity contribution in [3.8, 4) is 0 Å². The van der Waals surface area contributed by atoms with Gasteiger partial charge in [-0.15, -0.1) is 0 Å². The molecule has 0 aromatic carbocycles. The zero-order valence-corrected chi connectivity index (χ0v) is 7.03. The fraction of sp³-hybridized carbons (Fsp3) is 0.286. The van der Waals surface area contributed by atoms with Gasteiger partial charge in [-0.1, -0.05) is 0 Å². The molecule has 0 aliphatic heterocycles. The number of nitrogens with one attached hydrogen (secondary N) is 2. The van der Waals surface area contributed by atoms with Gasteiger partial charge in [0.25, 0.3) is 5.91 Å². The van der Waals surface area contributed by atoms with Gasteiger partial charge in [-0.05, 0) is 6.92 Å². The van der Waals surface area contributed by atoms with E-state index in [0.29, 0.717) is 12.6 Å². The minimum Gasteiger partial charge on any atom is -0.478 e. The Balaban J connectivity index is 3.87. The van der Waals surface area contributed by atoms with Crippen molar-refractivity contribution in [1.82, 2.24) is 10.6 Å².